The Balaban J connectivity index is 1.74. The highest BCUT2D eigenvalue weighted by Gasteiger charge is 2.10. The van der Waals surface area contributed by atoms with E-state index in [1.54, 1.807) is 12.1 Å². The van der Waals surface area contributed by atoms with Crippen LogP contribution in [0.1, 0.15) is 21.6 Å². The van der Waals surface area contributed by atoms with E-state index in [0.29, 0.717) is 17.9 Å². The van der Waals surface area contributed by atoms with E-state index >= 15 is 0 Å². The lowest BCUT2D eigenvalue weighted by Gasteiger charge is -2.04. The third-order valence-electron chi connectivity index (χ3n) is 3.48. The molecule has 3 rings (SSSR count). The standard InChI is InChI=1S/C18H16BrN3O/c1-13-10-17(20-18(23)15-8-5-9-16(19)11-15)21-22(13)12-14-6-3-2-4-7-14/h2-11H,12H2,1H3,(H,20,21,23). The van der Waals surface area contributed by atoms with E-state index in [0.717, 1.165) is 10.2 Å². The summed E-state index contributed by atoms with van der Waals surface area (Å²) in [5.74, 6) is 0.388. The Hall–Kier alpha value is -2.40. The molecule has 1 N–H and O–H groups in total. The third kappa shape index (κ3) is 3.87. The second kappa shape index (κ2) is 6.79. The van der Waals surface area contributed by atoms with Gasteiger partial charge in [0.1, 0.15) is 0 Å². The molecule has 0 atom stereocenters. The number of nitrogens with one attached hydrogen (secondary N) is 1. The van der Waals surface area contributed by atoms with Gasteiger partial charge in [-0.3, -0.25) is 9.48 Å². The van der Waals surface area contributed by atoms with Gasteiger partial charge in [-0.2, -0.15) is 5.10 Å². The maximum atomic E-state index is 12.3. The van der Waals surface area contributed by atoms with Crippen molar-refractivity contribution >= 4 is 27.7 Å². The van der Waals surface area contributed by atoms with Crippen molar-refractivity contribution in [3.05, 3.63) is 82.0 Å². The minimum absolute atomic E-state index is 0.171. The molecule has 0 spiro atoms. The molecule has 0 fully saturated rings. The first kappa shape index (κ1) is 15.5. The monoisotopic (exact) mass is 369 g/mol. The Labute approximate surface area is 143 Å². The number of rotatable bonds is 4. The van der Waals surface area contributed by atoms with Gasteiger partial charge in [0, 0.05) is 21.8 Å². The highest BCUT2D eigenvalue weighted by molar-refractivity contribution is 9.10. The Kier molecular flexibility index (Phi) is 4.57. The van der Waals surface area contributed by atoms with E-state index in [1.807, 2.05) is 48.0 Å². The van der Waals surface area contributed by atoms with Crippen LogP contribution >= 0.6 is 15.9 Å². The number of benzene rings is 2. The Morgan fingerprint density at radius 3 is 2.65 bits per heavy atom. The van der Waals surface area contributed by atoms with E-state index < -0.39 is 0 Å². The van der Waals surface area contributed by atoms with Gasteiger partial charge >= 0.3 is 0 Å². The number of carbonyl (C=O) groups is 1. The van der Waals surface area contributed by atoms with Crippen molar-refractivity contribution in [2.75, 3.05) is 5.32 Å². The Bertz CT molecular complexity index is 827. The van der Waals surface area contributed by atoms with Gasteiger partial charge in [-0.1, -0.05) is 52.3 Å². The number of aryl methyl sites for hydroxylation is 1. The first-order valence-corrected chi connectivity index (χ1v) is 8.06. The zero-order chi connectivity index (χ0) is 16.2. The molecule has 0 saturated carbocycles. The molecule has 5 heteroatoms. The number of aromatic nitrogens is 2. The fourth-order valence-electron chi connectivity index (χ4n) is 2.31. The van der Waals surface area contributed by atoms with Crippen LogP contribution in [0, 0.1) is 6.92 Å². The molecule has 23 heavy (non-hydrogen) atoms. The lowest BCUT2D eigenvalue weighted by Crippen LogP contribution is -2.12. The summed E-state index contributed by atoms with van der Waals surface area (Å²) in [5, 5.41) is 7.31. The molecular weight excluding hydrogens is 354 g/mol. The normalized spacial score (nSPS) is 10.5. The van der Waals surface area contributed by atoms with Crippen LogP contribution in [0.25, 0.3) is 0 Å². The van der Waals surface area contributed by atoms with Crippen LogP contribution < -0.4 is 5.32 Å². The number of amides is 1. The highest BCUT2D eigenvalue weighted by Crippen LogP contribution is 2.15. The van der Waals surface area contributed by atoms with Gasteiger partial charge in [-0.25, -0.2) is 0 Å². The van der Waals surface area contributed by atoms with E-state index in [4.69, 9.17) is 0 Å². The molecule has 3 aromatic rings. The van der Waals surface area contributed by atoms with Crippen molar-refractivity contribution in [2.24, 2.45) is 0 Å². The molecule has 0 aliphatic rings. The fraction of sp³-hybridized carbons (Fsp3) is 0.111. The molecule has 0 unspecified atom stereocenters. The lowest BCUT2D eigenvalue weighted by atomic mass is 10.2. The summed E-state index contributed by atoms with van der Waals surface area (Å²) in [6.07, 6.45) is 0. The maximum Gasteiger partial charge on any atom is 0.256 e. The Morgan fingerprint density at radius 1 is 1.13 bits per heavy atom. The number of anilines is 1. The molecule has 116 valence electrons. The van der Waals surface area contributed by atoms with Crippen LogP contribution in [0.5, 0.6) is 0 Å². The second-order valence-electron chi connectivity index (χ2n) is 5.28. The van der Waals surface area contributed by atoms with E-state index in [9.17, 15) is 4.79 Å². The topological polar surface area (TPSA) is 46.9 Å². The molecule has 1 amide bonds. The zero-order valence-electron chi connectivity index (χ0n) is 12.7. The number of carbonyl (C=O) groups excluding carboxylic acids is 1. The molecule has 0 saturated heterocycles. The number of hydrogen-bond acceptors (Lipinski definition) is 2. The van der Waals surface area contributed by atoms with Crippen LogP contribution in [-0.2, 0) is 6.54 Å². The molecule has 1 aromatic heterocycles. The quantitative estimate of drug-likeness (QED) is 0.746. The lowest BCUT2D eigenvalue weighted by molar-refractivity contribution is 0.102. The highest BCUT2D eigenvalue weighted by atomic mass is 79.9. The summed E-state index contributed by atoms with van der Waals surface area (Å²) in [7, 11) is 0. The predicted molar refractivity (Wildman–Crippen MR) is 94.6 cm³/mol. The molecule has 2 aromatic carbocycles. The van der Waals surface area contributed by atoms with Crippen molar-refractivity contribution < 1.29 is 4.79 Å². The zero-order valence-corrected chi connectivity index (χ0v) is 14.2. The minimum Gasteiger partial charge on any atom is -0.305 e. The van der Waals surface area contributed by atoms with Crippen molar-refractivity contribution in [1.82, 2.24) is 9.78 Å². The van der Waals surface area contributed by atoms with Crippen LogP contribution in [-0.4, -0.2) is 15.7 Å². The van der Waals surface area contributed by atoms with E-state index in [2.05, 4.69) is 38.5 Å². The molecule has 0 bridgehead atoms. The minimum atomic E-state index is -0.171. The van der Waals surface area contributed by atoms with Gasteiger partial charge in [0.15, 0.2) is 5.82 Å². The number of hydrogen-bond donors (Lipinski definition) is 1. The Morgan fingerprint density at radius 2 is 1.91 bits per heavy atom. The van der Waals surface area contributed by atoms with Crippen LogP contribution in [0.3, 0.4) is 0 Å². The average Bonchev–Trinajstić information content (AvgIpc) is 2.88. The SMILES string of the molecule is Cc1cc(NC(=O)c2cccc(Br)c2)nn1Cc1ccccc1. The predicted octanol–water partition coefficient (Wildman–Crippen LogP) is 4.25. The third-order valence-corrected chi connectivity index (χ3v) is 3.98. The van der Waals surface area contributed by atoms with Crippen molar-refractivity contribution in [3.63, 3.8) is 0 Å². The van der Waals surface area contributed by atoms with Gasteiger partial charge in [0.05, 0.1) is 6.54 Å². The molecule has 0 aliphatic heterocycles. The fourth-order valence-corrected chi connectivity index (χ4v) is 2.71. The summed E-state index contributed by atoms with van der Waals surface area (Å²) in [4.78, 5) is 12.3. The molecular formula is C18H16BrN3O. The summed E-state index contributed by atoms with van der Waals surface area (Å²) >= 11 is 3.37. The summed E-state index contributed by atoms with van der Waals surface area (Å²) < 4.78 is 2.75. The van der Waals surface area contributed by atoms with Crippen LogP contribution in [0.4, 0.5) is 5.82 Å². The van der Waals surface area contributed by atoms with Gasteiger partial charge in [0.2, 0.25) is 0 Å². The van der Waals surface area contributed by atoms with E-state index in [1.165, 1.54) is 5.56 Å². The number of nitrogens with zero attached hydrogens (tertiary/aromatic N) is 2. The first-order valence-electron chi connectivity index (χ1n) is 7.27. The van der Waals surface area contributed by atoms with Crippen LogP contribution in [0.15, 0.2) is 65.1 Å². The van der Waals surface area contributed by atoms with Crippen molar-refractivity contribution in [1.29, 1.82) is 0 Å². The van der Waals surface area contributed by atoms with Gasteiger partial charge in [0.25, 0.3) is 5.91 Å². The van der Waals surface area contributed by atoms with Gasteiger partial charge < -0.3 is 5.32 Å². The molecule has 0 aliphatic carbocycles. The second-order valence-corrected chi connectivity index (χ2v) is 6.19. The summed E-state index contributed by atoms with van der Waals surface area (Å²) in [6.45, 7) is 2.66. The average molecular weight is 370 g/mol. The number of halogens is 1. The van der Waals surface area contributed by atoms with Crippen LogP contribution in [0.2, 0.25) is 0 Å². The smallest absolute Gasteiger partial charge is 0.256 e. The van der Waals surface area contributed by atoms with Crippen molar-refractivity contribution in [3.8, 4) is 0 Å². The van der Waals surface area contributed by atoms with Crippen molar-refractivity contribution in [2.45, 2.75) is 13.5 Å². The largest absolute Gasteiger partial charge is 0.305 e. The van der Waals surface area contributed by atoms with Gasteiger partial charge in [-0.05, 0) is 30.7 Å². The molecule has 0 radical (unpaired) electrons. The summed E-state index contributed by atoms with van der Waals surface area (Å²) in [5.41, 5.74) is 2.76. The molecule has 4 nitrogen and oxygen atoms in total. The maximum absolute atomic E-state index is 12.3. The van der Waals surface area contributed by atoms with E-state index in [-0.39, 0.29) is 5.91 Å². The molecule has 1 heterocycles. The first-order chi connectivity index (χ1) is 11.1. The summed E-state index contributed by atoms with van der Waals surface area (Å²) in [6, 6.07) is 19.3. The van der Waals surface area contributed by atoms with Gasteiger partial charge in [-0.15, -0.1) is 0 Å².